The second-order valence-corrected chi connectivity index (χ2v) is 3.71. The minimum atomic E-state index is -0.993. The van der Waals surface area contributed by atoms with E-state index in [-0.39, 0.29) is 5.82 Å². The van der Waals surface area contributed by atoms with Gasteiger partial charge in [-0.2, -0.15) is 0 Å². The minimum absolute atomic E-state index is 0.326. The van der Waals surface area contributed by atoms with Crippen LogP contribution in [0.5, 0.6) is 0 Å². The number of amides is 1. The number of hydrogen-bond donors (Lipinski definition) is 2. The average Bonchev–Trinajstić information content (AvgIpc) is 2.18. The first-order valence-corrected chi connectivity index (χ1v) is 4.87. The van der Waals surface area contributed by atoms with Gasteiger partial charge in [0.05, 0.1) is 0 Å². The van der Waals surface area contributed by atoms with Crippen molar-refractivity contribution >= 4 is 18.7 Å². The van der Waals surface area contributed by atoms with Crippen molar-refractivity contribution in [3.63, 3.8) is 0 Å². The van der Waals surface area contributed by atoms with Gasteiger partial charge in [0.15, 0.2) is 0 Å². The fourth-order valence-corrected chi connectivity index (χ4v) is 1.39. The normalized spacial score (nSPS) is 10.1. The Labute approximate surface area is 92.9 Å². The Kier molecular flexibility index (Phi) is 3.96. The van der Waals surface area contributed by atoms with Gasteiger partial charge in [0.2, 0.25) is 0 Å². The molecule has 15 heavy (non-hydrogen) atoms. The summed E-state index contributed by atoms with van der Waals surface area (Å²) in [6.07, 6.45) is -0.536. The molecule has 82 valence electrons. The van der Waals surface area contributed by atoms with Crippen LogP contribution in [0.15, 0.2) is 23.1 Å². The summed E-state index contributed by atoms with van der Waals surface area (Å²) < 4.78 is 12.9. The fraction of sp³-hybridized carbons (Fsp3) is 0.300. The highest BCUT2D eigenvalue weighted by atomic mass is 32.1. The molecule has 1 aromatic rings. The summed E-state index contributed by atoms with van der Waals surface area (Å²) in [5.74, 6) is -0.333. The summed E-state index contributed by atoms with van der Waals surface area (Å²) in [7, 11) is 1.47. The van der Waals surface area contributed by atoms with Gasteiger partial charge in [-0.25, -0.2) is 9.18 Å². The van der Waals surface area contributed by atoms with Crippen molar-refractivity contribution in [1.29, 1.82) is 0 Å². The zero-order valence-electron chi connectivity index (χ0n) is 8.27. The Balaban J connectivity index is 2.65. The summed E-state index contributed by atoms with van der Waals surface area (Å²) >= 11 is 4.17. The molecule has 0 saturated carbocycles. The summed E-state index contributed by atoms with van der Waals surface area (Å²) in [6, 6.07) is 4.26. The van der Waals surface area contributed by atoms with Gasteiger partial charge in [-0.05, 0) is 30.2 Å². The van der Waals surface area contributed by atoms with Crippen molar-refractivity contribution in [3.8, 4) is 0 Å². The average molecular weight is 229 g/mol. The standard InChI is InChI=1S/C10H12FNO2S/c1-12(10(13)14)5-4-7-6-8(11)2-3-9(7)15/h2-3,6,15H,4-5H2,1H3,(H,13,14). The van der Waals surface area contributed by atoms with Crippen LogP contribution in [-0.4, -0.2) is 29.7 Å². The lowest BCUT2D eigenvalue weighted by Crippen LogP contribution is -2.26. The van der Waals surface area contributed by atoms with Gasteiger partial charge >= 0.3 is 6.09 Å². The number of benzene rings is 1. The molecule has 0 heterocycles. The van der Waals surface area contributed by atoms with Crippen molar-refractivity contribution < 1.29 is 14.3 Å². The lowest BCUT2D eigenvalue weighted by Gasteiger charge is -2.13. The summed E-state index contributed by atoms with van der Waals surface area (Å²) in [5.41, 5.74) is 0.714. The molecule has 0 unspecified atom stereocenters. The van der Waals surface area contributed by atoms with Crippen LogP contribution in [0, 0.1) is 5.82 Å². The lowest BCUT2D eigenvalue weighted by atomic mass is 10.1. The number of rotatable bonds is 3. The molecule has 3 nitrogen and oxygen atoms in total. The highest BCUT2D eigenvalue weighted by molar-refractivity contribution is 7.80. The number of carboxylic acid groups (broad SMARTS) is 1. The van der Waals surface area contributed by atoms with E-state index in [9.17, 15) is 9.18 Å². The molecule has 0 aliphatic carbocycles. The molecule has 5 heteroatoms. The smallest absolute Gasteiger partial charge is 0.407 e. The van der Waals surface area contributed by atoms with Gasteiger partial charge in [0, 0.05) is 18.5 Å². The molecular weight excluding hydrogens is 217 g/mol. The SMILES string of the molecule is CN(CCc1cc(F)ccc1S)C(=O)O. The van der Waals surface area contributed by atoms with Crippen molar-refractivity contribution in [2.75, 3.05) is 13.6 Å². The van der Waals surface area contributed by atoms with Crippen LogP contribution >= 0.6 is 12.6 Å². The van der Waals surface area contributed by atoms with E-state index in [0.29, 0.717) is 23.4 Å². The van der Waals surface area contributed by atoms with Crippen molar-refractivity contribution in [3.05, 3.63) is 29.6 Å². The molecule has 1 N–H and O–H groups in total. The molecule has 0 fully saturated rings. The van der Waals surface area contributed by atoms with Crippen LogP contribution in [-0.2, 0) is 6.42 Å². The Morgan fingerprint density at radius 1 is 1.60 bits per heavy atom. The molecule has 0 aromatic heterocycles. The van der Waals surface area contributed by atoms with Crippen LogP contribution in [0.3, 0.4) is 0 Å². The molecule has 0 aliphatic heterocycles. The van der Waals surface area contributed by atoms with E-state index in [0.717, 1.165) is 4.90 Å². The molecular formula is C10H12FNO2S. The van der Waals surface area contributed by atoms with Crippen LogP contribution in [0.2, 0.25) is 0 Å². The monoisotopic (exact) mass is 229 g/mol. The number of thiol groups is 1. The maximum Gasteiger partial charge on any atom is 0.407 e. The summed E-state index contributed by atoms with van der Waals surface area (Å²) in [4.78, 5) is 12.3. The summed E-state index contributed by atoms with van der Waals surface area (Å²) in [5, 5.41) is 8.62. The summed E-state index contributed by atoms with van der Waals surface area (Å²) in [6.45, 7) is 0.326. The van der Waals surface area contributed by atoms with Crippen LogP contribution in [0.4, 0.5) is 9.18 Å². The minimum Gasteiger partial charge on any atom is -0.465 e. The van der Waals surface area contributed by atoms with Gasteiger partial charge in [-0.15, -0.1) is 12.6 Å². The van der Waals surface area contributed by atoms with Gasteiger partial charge in [0.1, 0.15) is 5.82 Å². The van der Waals surface area contributed by atoms with Crippen LogP contribution in [0.25, 0.3) is 0 Å². The predicted molar refractivity (Wildman–Crippen MR) is 58.0 cm³/mol. The Bertz CT molecular complexity index is 370. The van der Waals surface area contributed by atoms with E-state index < -0.39 is 6.09 Å². The molecule has 0 spiro atoms. The Morgan fingerprint density at radius 3 is 2.87 bits per heavy atom. The zero-order valence-corrected chi connectivity index (χ0v) is 9.17. The van der Waals surface area contributed by atoms with Gasteiger partial charge < -0.3 is 10.0 Å². The van der Waals surface area contributed by atoms with E-state index in [1.807, 2.05) is 0 Å². The largest absolute Gasteiger partial charge is 0.465 e. The molecule has 0 aliphatic rings. The van der Waals surface area contributed by atoms with E-state index >= 15 is 0 Å². The maximum absolute atomic E-state index is 12.9. The van der Waals surface area contributed by atoms with Gasteiger partial charge in [-0.1, -0.05) is 0 Å². The maximum atomic E-state index is 12.9. The van der Waals surface area contributed by atoms with Crippen molar-refractivity contribution in [2.24, 2.45) is 0 Å². The first kappa shape index (κ1) is 11.8. The van der Waals surface area contributed by atoms with Crippen molar-refractivity contribution in [2.45, 2.75) is 11.3 Å². The van der Waals surface area contributed by atoms with Crippen LogP contribution < -0.4 is 0 Å². The van der Waals surface area contributed by atoms with E-state index in [2.05, 4.69) is 12.6 Å². The van der Waals surface area contributed by atoms with Crippen molar-refractivity contribution in [1.82, 2.24) is 4.90 Å². The van der Waals surface area contributed by atoms with E-state index in [4.69, 9.17) is 5.11 Å². The number of nitrogens with zero attached hydrogens (tertiary/aromatic N) is 1. The van der Waals surface area contributed by atoms with E-state index in [1.54, 1.807) is 6.07 Å². The molecule has 0 atom stereocenters. The first-order chi connectivity index (χ1) is 7.00. The fourth-order valence-electron chi connectivity index (χ4n) is 1.14. The predicted octanol–water partition coefficient (Wildman–Crippen LogP) is 2.27. The molecule has 1 rings (SSSR count). The number of carbonyl (C=O) groups is 1. The zero-order chi connectivity index (χ0) is 11.4. The first-order valence-electron chi connectivity index (χ1n) is 4.42. The topological polar surface area (TPSA) is 40.5 Å². The number of halogens is 1. The number of hydrogen-bond acceptors (Lipinski definition) is 2. The molecule has 0 bridgehead atoms. The highest BCUT2D eigenvalue weighted by Gasteiger charge is 2.07. The third kappa shape index (κ3) is 3.43. The molecule has 0 radical (unpaired) electrons. The van der Waals surface area contributed by atoms with E-state index in [1.165, 1.54) is 19.2 Å². The van der Waals surface area contributed by atoms with Gasteiger partial charge in [-0.3, -0.25) is 0 Å². The molecule has 1 amide bonds. The number of likely N-dealkylation sites (N-methyl/N-ethyl adjacent to an activating group) is 1. The highest BCUT2D eigenvalue weighted by Crippen LogP contribution is 2.15. The second-order valence-electron chi connectivity index (χ2n) is 3.23. The molecule has 1 aromatic carbocycles. The lowest BCUT2D eigenvalue weighted by molar-refractivity contribution is 0.156. The Morgan fingerprint density at radius 2 is 2.27 bits per heavy atom. The quantitative estimate of drug-likeness (QED) is 0.780. The third-order valence-electron chi connectivity index (χ3n) is 2.08. The van der Waals surface area contributed by atoms with Gasteiger partial charge in [0.25, 0.3) is 0 Å². The molecule has 0 saturated heterocycles. The third-order valence-corrected chi connectivity index (χ3v) is 2.52. The van der Waals surface area contributed by atoms with Crippen LogP contribution in [0.1, 0.15) is 5.56 Å². The Hall–Kier alpha value is -1.23. The second kappa shape index (κ2) is 5.02.